The number of rotatable bonds is 4. The number of furan rings is 1. The van der Waals surface area contributed by atoms with Crippen molar-refractivity contribution >= 4 is 28.7 Å². The number of urea groups is 1. The average molecular weight is 402 g/mol. The Labute approximate surface area is 173 Å². The van der Waals surface area contributed by atoms with Gasteiger partial charge in [0.05, 0.1) is 6.54 Å². The lowest BCUT2D eigenvalue weighted by molar-refractivity contribution is -0.131. The van der Waals surface area contributed by atoms with Crippen molar-refractivity contribution in [1.82, 2.24) is 10.2 Å². The number of fused-ring (bicyclic) bond motifs is 2. The highest BCUT2D eigenvalue weighted by molar-refractivity contribution is 6.11. The largest absolute Gasteiger partial charge is 0.458 e. The number of nitrogens with one attached hydrogen (secondary N) is 1. The van der Waals surface area contributed by atoms with E-state index in [9.17, 15) is 14.4 Å². The number of ketones is 1. The van der Waals surface area contributed by atoms with Crippen molar-refractivity contribution in [2.75, 3.05) is 6.54 Å². The predicted octanol–water partition coefficient (Wildman–Crippen LogP) is 3.96. The third-order valence-corrected chi connectivity index (χ3v) is 6.17. The van der Waals surface area contributed by atoms with E-state index in [1.807, 2.05) is 30.3 Å². The highest BCUT2D eigenvalue weighted by Gasteiger charge is 2.51. The number of amides is 3. The Morgan fingerprint density at radius 1 is 1.07 bits per heavy atom. The van der Waals surface area contributed by atoms with Crippen LogP contribution in [0.15, 0.2) is 52.9 Å². The smallest absolute Gasteiger partial charge is 0.325 e. The number of carbonyl (C=O) groups excluding carboxylic acids is 3. The molecule has 1 fully saturated rings. The van der Waals surface area contributed by atoms with Gasteiger partial charge in [-0.05, 0) is 61.9 Å². The second-order valence-electron chi connectivity index (χ2n) is 8.21. The normalized spacial score (nSPS) is 21.0. The molecule has 1 aliphatic carbocycles. The molecule has 5 rings (SSSR count). The van der Waals surface area contributed by atoms with Crippen LogP contribution in [-0.2, 0) is 23.2 Å². The minimum absolute atomic E-state index is 0.249. The van der Waals surface area contributed by atoms with Crippen LogP contribution in [0.2, 0.25) is 0 Å². The van der Waals surface area contributed by atoms with Gasteiger partial charge in [0.2, 0.25) is 0 Å². The summed E-state index contributed by atoms with van der Waals surface area (Å²) < 4.78 is 5.83. The molecule has 2 aromatic carbocycles. The van der Waals surface area contributed by atoms with E-state index in [4.69, 9.17) is 4.42 Å². The Morgan fingerprint density at radius 3 is 2.63 bits per heavy atom. The predicted molar refractivity (Wildman–Crippen MR) is 111 cm³/mol. The second kappa shape index (κ2) is 6.83. The lowest BCUT2D eigenvalue weighted by Crippen LogP contribution is -2.41. The topological polar surface area (TPSA) is 79.6 Å². The van der Waals surface area contributed by atoms with Gasteiger partial charge in [-0.25, -0.2) is 4.79 Å². The molecule has 1 aliphatic heterocycles. The lowest BCUT2D eigenvalue weighted by Gasteiger charge is -2.19. The number of Topliss-reactive ketones (excluding diaryl/α,β-unsaturated/α-hetero) is 1. The van der Waals surface area contributed by atoms with E-state index >= 15 is 0 Å². The molecular weight excluding hydrogens is 380 g/mol. The van der Waals surface area contributed by atoms with Gasteiger partial charge < -0.3 is 9.73 Å². The summed E-state index contributed by atoms with van der Waals surface area (Å²) in [5.41, 5.74) is 2.31. The van der Waals surface area contributed by atoms with Gasteiger partial charge in [-0.2, -0.15) is 0 Å². The van der Waals surface area contributed by atoms with Crippen molar-refractivity contribution in [3.63, 3.8) is 0 Å². The van der Waals surface area contributed by atoms with Crippen molar-refractivity contribution in [2.45, 2.75) is 38.1 Å². The maximum Gasteiger partial charge on any atom is 0.325 e. The Kier molecular flexibility index (Phi) is 4.24. The summed E-state index contributed by atoms with van der Waals surface area (Å²) in [5.74, 6) is -0.385. The second-order valence-corrected chi connectivity index (χ2v) is 8.21. The van der Waals surface area contributed by atoms with Gasteiger partial charge in [-0.3, -0.25) is 14.5 Å². The summed E-state index contributed by atoms with van der Waals surface area (Å²) in [6.45, 7) is 1.31. The monoisotopic (exact) mass is 402 g/mol. The van der Waals surface area contributed by atoms with E-state index in [1.54, 1.807) is 25.1 Å². The maximum atomic E-state index is 13.1. The Bertz CT molecular complexity index is 1160. The minimum Gasteiger partial charge on any atom is -0.458 e. The van der Waals surface area contributed by atoms with Crippen LogP contribution in [0.5, 0.6) is 0 Å². The number of aryl methyl sites for hydroxylation is 2. The zero-order chi connectivity index (χ0) is 20.9. The molecule has 0 radical (unpaired) electrons. The first kappa shape index (κ1) is 18.6. The molecule has 0 unspecified atom stereocenters. The highest BCUT2D eigenvalue weighted by atomic mass is 16.3. The summed E-state index contributed by atoms with van der Waals surface area (Å²) in [5, 5.41) is 3.55. The van der Waals surface area contributed by atoms with E-state index in [2.05, 4.69) is 5.32 Å². The number of nitrogens with zero attached hydrogens (tertiary/aromatic N) is 1. The van der Waals surface area contributed by atoms with Gasteiger partial charge in [0.25, 0.3) is 5.91 Å². The molecule has 6 nitrogen and oxygen atoms in total. The van der Waals surface area contributed by atoms with Crippen LogP contribution in [0.4, 0.5) is 4.79 Å². The van der Waals surface area contributed by atoms with Crippen LogP contribution in [0, 0.1) is 0 Å². The maximum absolute atomic E-state index is 13.1. The molecule has 2 aliphatic rings. The fourth-order valence-corrected chi connectivity index (χ4v) is 4.38. The van der Waals surface area contributed by atoms with Crippen LogP contribution in [0.25, 0.3) is 11.0 Å². The Balaban J connectivity index is 1.39. The Morgan fingerprint density at radius 2 is 1.83 bits per heavy atom. The van der Waals surface area contributed by atoms with Gasteiger partial charge in [0.15, 0.2) is 11.3 Å². The van der Waals surface area contributed by atoms with Gasteiger partial charge in [0, 0.05) is 10.9 Å². The van der Waals surface area contributed by atoms with Crippen molar-refractivity contribution < 1.29 is 18.8 Å². The van der Waals surface area contributed by atoms with Crippen LogP contribution in [0.3, 0.4) is 0 Å². The van der Waals surface area contributed by atoms with E-state index in [-0.39, 0.29) is 12.3 Å². The fourth-order valence-electron chi connectivity index (χ4n) is 4.38. The molecule has 0 bridgehead atoms. The number of para-hydroxylation sites is 1. The van der Waals surface area contributed by atoms with E-state index in [0.29, 0.717) is 16.9 Å². The first-order valence-corrected chi connectivity index (χ1v) is 10.2. The van der Waals surface area contributed by atoms with E-state index in [0.717, 1.165) is 29.5 Å². The van der Waals surface area contributed by atoms with Crippen molar-refractivity contribution in [3.8, 4) is 0 Å². The number of imide groups is 1. The quantitative estimate of drug-likeness (QED) is 0.529. The number of benzene rings is 2. The third kappa shape index (κ3) is 2.91. The molecule has 1 N–H and O–H groups in total. The zero-order valence-electron chi connectivity index (χ0n) is 16.7. The van der Waals surface area contributed by atoms with Crippen molar-refractivity contribution in [2.24, 2.45) is 0 Å². The number of hydrogen-bond donors (Lipinski definition) is 1. The third-order valence-electron chi connectivity index (χ3n) is 6.17. The zero-order valence-corrected chi connectivity index (χ0v) is 16.7. The summed E-state index contributed by atoms with van der Waals surface area (Å²) in [4.78, 5) is 39.6. The highest BCUT2D eigenvalue weighted by Crippen LogP contribution is 2.33. The molecule has 30 heavy (non-hydrogen) atoms. The first-order valence-electron chi connectivity index (χ1n) is 10.2. The average Bonchev–Trinajstić information content (AvgIpc) is 3.29. The Hall–Kier alpha value is -3.41. The lowest BCUT2D eigenvalue weighted by atomic mass is 9.89. The molecule has 3 aromatic rings. The molecule has 1 saturated heterocycles. The first-order chi connectivity index (χ1) is 14.5. The minimum atomic E-state index is -1.34. The van der Waals surface area contributed by atoms with Crippen LogP contribution >= 0.6 is 0 Å². The standard InChI is InChI=1S/C24H22N2O4/c1-24(21-13-18-8-4-5-9-20(18)30-21)22(28)26(23(29)25-24)14-19(27)17-11-10-15-6-2-3-7-16(15)12-17/h4-5,8-13H,2-3,6-7,14H2,1H3,(H,25,29)/t24-/m0/s1. The fraction of sp³-hybridized carbons (Fsp3) is 0.292. The molecule has 1 atom stereocenters. The number of carbonyl (C=O) groups is 3. The van der Waals surface area contributed by atoms with Crippen molar-refractivity contribution in [3.05, 3.63) is 71.0 Å². The molecule has 152 valence electrons. The molecule has 3 amide bonds. The molecule has 1 aromatic heterocycles. The summed E-state index contributed by atoms with van der Waals surface area (Å²) in [7, 11) is 0. The van der Waals surface area contributed by atoms with Crippen molar-refractivity contribution in [1.29, 1.82) is 0 Å². The SMILES string of the molecule is C[C@@]1(c2cc3ccccc3o2)NC(=O)N(CC(=O)c2ccc3c(c2)CCCC3)C1=O. The summed E-state index contributed by atoms with van der Waals surface area (Å²) >= 11 is 0. The summed E-state index contributed by atoms with van der Waals surface area (Å²) in [6, 6.07) is 14.3. The van der Waals surface area contributed by atoms with E-state index < -0.39 is 17.5 Å². The van der Waals surface area contributed by atoms with E-state index in [1.165, 1.54) is 17.5 Å². The van der Waals surface area contributed by atoms with Gasteiger partial charge >= 0.3 is 6.03 Å². The number of hydrogen-bond acceptors (Lipinski definition) is 4. The molecule has 6 heteroatoms. The van der Waals surface area contributed by atoms with Gasteiger partial charge in [-0.1, -0.05) is 30.3 Å². The molecule has 2 heterocycles. The van der Waals surface area contributed by atoms with Crippen LogP contribution < -0.4 is 5.32 Å². The van der Waals surface area contributed by atoms with Gasteiger partial charge in [-0.15, -0.1) is 0 Å². The molecule has 0 saturated carbocycles. The van der Waals surface area contributed by atoms with Gasteiger partial charge in [0.1, 0.15) is 11.3 Å². The van der Waals surface area contributed by atoms with Crippen LogP contribution in [0.1, 0.15) is 47.0 Å². The molecular formula is C24H22N2O4. The molecule has 0 spiro atoms. The van der Waals surface area contributed by atoms with Crippen LogP contribution in [-0.4, -0.2) is 29.2 Å². The summed E-state index contributed by atoms with van der Waals surface area (Å²) in [6.07, 6.45) is 4.28.